The highest BCUT2D eigenvalue weighted by molar-refractivity contribution is 5.84. The molecule has 0 bridgehead atoms. The summed E-state index contributed by atoms with van der Waals surface area (Å²) < 4.78 is 5.30. The minimum absolute atomic E-state index is 0.0956. The molecular formula is C20H21N3O3. The Balaban J connectivity index is 1.49. The van der Waals surface area contributed by atoms with Crippen LogP contribution in [0.25, 0.3) is 0 Å². The molecule has 0 saturated heterocycles. The Bertz CT molecular complexity index is 924. The van der Waals surface area contributed by atoms with Crippen LogP contribution in [-0.2, 0) is 16.0 Å². The number of methoxy groups -OCH3 is 1. The van der Waals surface area contributed by atoms with Crippen LogP contribution in [0.3, 0.4) is 0 Å². The van der Waals surface area contributed by atoms with E-state index < -0.39 is 6.04 Å². The van der Waals surface area contributed by atoms with E-state index in [0.717, 1.165) is 11.3 Å². The maximum absolute atomic E-state index is 12.1. The number of hydrogen-bond acceptors (Lipinski definition) is 4. The molecule has 2 aromatic carbocycles. The van der Waals surface area contributed by atoms with Gasteiger partial charge < -0.3 is 10.1 Å². The molecule has 1 N–H and O–H groups in total. The van der Waals surface area contributed by atoms with Gasteiger partial charge in [0.1, 0.15) is 11.8 Å². The fourth-order valence-corrected chi connectivity index (χ4v) is 2.87. The van der Waals surface area contributed by atoms with Crippen molar-refractivity contribution in [3.63, 3.8) is 0 Å². The van der Waals surface area contributed by atoms with Crippen LogP contribution in [0.1, 0.15) is 18.4 Å². The number of carbonyl (C=O) groups is 2. The number of amides is 2. The predicted octanol–water partition coefficient (Wildman–Crippen LogP) is 0.982. The fraction of sp³-hybridized carbons (Fsp3) is 0.300. The van der Waals surface area contributed by atoms with Gasteiger partial charge in [-0.3, -0.25) is 14.6 Å². The second kappa shape index (κ2) is 8.38. The monoisotopic (exact) mass is 351 g/mol. The first-order chi connectivity index (χ1) is 12.7. The molecule has 1 heterocycles. The molecule has 0 saturated carbocycles. The molecule has 6 nitrogen and oxygen atoms in total. The van der Waals surface area contributed by atoms with Crippen molar-refractivity contribution in [3.05, 3.63) is 64.8 Å². The van der Waals surface area contributed by atoms with E-state index in [4.69, 9.17) is 4.74 Å². The largest absolute Gasteiger partial charge is 0.496 e. The zero-order valence-electron chi connectivity index (χ0n) is 14.6. The van der Waals surface area contributed by atoms with Crippen molar-refractivity contribution in [2.45, 2.75) is 25.3 Å². The molecule has 1 aliphatic heterocycles. The SMILES string of the molecule is COc1ccccc1CCNC(=O)CCC1N=c2ccccc2=NC1=O. The summed E-state index contributed by atoms with van der Waals surface area (Å²) in [4.78, 5) is 32.5. The number of nitrogens with zero attached hydrogens (tertiary/aromatic N) is 2. The minimum Gasteiger partial charge on any atom is -0.496 e. The quantitative estimate of drug-likeness (QED) is 0.808. The molecule has 1 aliphatic rings. The zero-order chi connectivity index (χ0) is 18.4. The van der Waals surface area contributed by atoms with Gasteiger partial charge in [-0.05, 0) is 36.6 Å². The first-order valence-corrected chi connectivity index (χ1v) is 8.61. The first kappa shape index (κ1) is 17.8. The van der Waals surface area contributed by atoms with Gasteiger partial charge in [0.25, 0.3) is 5.91 Å². The third-order valence-electron chi connectivity index (χ3n) is 4.25. The molecule has 134 valence electrons. The zero-order valence-corrected chi connectivity index (χ0v) is 14.6. The Labute approximate surface area is 151 Å². The molecular weight excluding hydrogens is 330 g/mol. The Morgan fingerprint density at radius 1 is 1.12 bits per heavy atom. The van der Waals surface area contributed by atoms with Crippen LogP contribution in [0.2, 0.25) is 0 Å². The van der Waals surface area contributed by atoms with E-state index >= 15 is 0 Å². The van der Waals surface area contributed by atoms with Crippen molar-refractivity contribution in [3.8, 4) is 5.75 Å². The molecule has 26 heavy (non-hydrogen) atoms. The number of hydrogen-bond donors (Lipinski definition) is 1. The standard InChI is InChI=1S/C20H21N3O3/c1-26-18-9-5-2-6-14(18)12-13-21-19(24)11-10-17-20(25)23-16-8-4-3-7-15(16)22-17/h2-9,17H,10-13H2,1H3,(H,21,24). The van der Waals surface area contributed by atoms with Crippen molar-refractivity contribution in [2.75, 3.05) is 13.7 Å². The Morgan fingerprint density at radius 3 is 2.65 bits per heavy atom. The fourth-order valence-electron chi connectivity index (χ4n) is 2.87. The summed E-state index contributed by atoms with van der Waals surface area (Å²) in [5, 5.41) is 4.17. The van der Waals surface area contributed by atoms with Crippen LogP contribution >= 0.6 is 0 Å². The lowest BCUT2D eigenvalue weighted by atomic mass is 10.1. The van der Waals surface area contributed by atoms with E-state index in [2.05, 4.69) is 15.3 Å². The first-order valence-electron chi connectivity index (χ1n) is 8.61. The summed E-state index contributed by atoms with van der Waals surface area (Å²) in [5.41, 5.74) is 1.04. The maximum Gasteiger partial charge on any atom is 0.271 e. The number of para-hydroxylation sites is 3. The molecule has 3 rings (SSSR count). The molecule has 0 aromatic heterocycles. The second-order valence-corrected chi connectivity index (χ2v) is 6.03. The van der Waals surface area contributed by atoms with Crippen molar-refractivity contribution in [1.82, 2.24) is 5.32 Å². The van der Waals surface area contributed by atoms with E-state index in [0.29, 0.717) is 30.1 Å². The van der Waals surface area contributed by atoms with Crippen LogP contribution in [0, 0.1) is 0 Å². The lowest BCUT2D eigenvalue weighted by Gasteiger charge is -2.12. The summed E-state index contributed by atoms with van der Waals surface area (Å²) in [6.07, 6.45) is 1.28. The smallest absolute Gasteiger partial charge is 0.271 e. The van der Waals surface area contributed by atoms with Gasteiger partial charge in [-0.1, -0.05) is 30.3 Å². The lowest BCUT2D eigenvalue weighted by Crippen LogP contribution is -2.37. The maximum atomic E-state index is 12.1. The molecule has 2 aromatic rings. The van der Waals surface area contributed by atoms with E-state index in [1.54, 1.807) is 13.2 Å². The molecule has 0 fully saturated rings. The van der Waals surface area contributed by atoms with Gasteiger partial charge in [-0.2, -0.15) is 0 Å². The number of nitrogens with one attached hydrogen (secondary N) is 1. The molecule has 1 atom stereocenters. The Kier molecular flexibility index (Phi) is 5.73. The highest BCUT2D eigenvalue weighted by Gasteiger charge is 2.20. The molecule has 0 radical (unpaired) electrons. The molecule has 1 unspecified atom stereocenters. The molecule has 6 heteroatoms. The molecule has 2 amide bonds. The second-order valence-electron chi connectivity index (χ2n) is 6.03. The average molecular weight is 351 g/mol. The Hall–Kier alpha value is -3.02. The normalized spacial score (nSPS) is 15.4. The van der Waals surface area contributed by atoms with Gasteiger partial charge >= 0.3 is 0 Å². The number of carbonyl (C=O) groups excluding carboxylic acids is 2. The predicted molar refractivity (Wildman–Crippen MR) is 96.5 cm³/mol. The lowest BCUT2D eigenvalue weighted by molar-refractivity contribution is -0.122. The number of rotatable bonds is 7. The summed E-state index contributed by atoms with van der Waals surface area (Å²) in [7, 11) is 1.63. The van der Waals surface area contributed by atoms with E-state index in [9.17, 15) is 9.59 Å². The van der Waals surface area contributed by atoms with Crippen LogP contribution < -0.4 is 20.8 Å². The van der Waals surface area contributed by atoms with Crippen LogP contribution in [-0.4, -0.2) is 31.5 Å². The highest BCUT2D eigenvalue weighted by atomic mass is 16.5. The number of ether oxygens (including phenoxy) is 1. The number of benzene rings is 2. The van der Waals surface area contributed by atoms with Crippen LogP contribution in [0.5, 0.6) is 5.75 Å². The van der Waals surface area contributed by atoms with Gasteiger partial charge in [-0.25, -0.2) is 4.99 Å². The summed E-state index contributed by atoms with van der Waals surface area (Å²) >= 11 is 0. The van der Waals surface area contributed by atoms with E-state index in [1.807, 2.05) is 42.5 Å². The summed E-state index contributed by atoms with van der Waals surface area (Å²) in [6, 6.07) is 14.4. The highest BCUT2D eigenvalue weighted by Crippen LogP contribution is 2.17. The molecule has 0 aliphatic carbocycles. The van der Waals surface area contributed by atoms with Crippen molar-refractivity contribution >= 4 is 11.8 Å². The third kappa shape index (κ3) is 4.33. The summed E-state index contributed by atoms with van der Waals surface area (Å²) in [5.74, 6) is 0.431. The van der Waals surface area contributed by atoms with Gasteiger partial charge in [0.2, 0.25) is 5.91 Å². The van der Waals surface area contributed by atoms with E-state index in [-0.39, 0.29) is 18.2 Å². The summed E-state index contributed by atoms with van der Waals surface area (Å²) in [6.45, 7) is 0.516. The van der Waals surface area contributed by atoms with Crippen molar-refractivity contribution in [1.29, 1.82) is 0 Å². The van der Waals surface area contributed by atoms with Crippen molar-refractivity contribution in [2.24, 2.45) is 9.98 Å². The van der Waals surface area contributed by atoms with Gasteiger partial charge in [-0.15, -0.1) is 0 Å². The van der Waals surface area contributed by atoms with Crippen LogP contribution in [0.4, 0.5) is 0 Å². The topological polar surface area (TPSA) is 80.1 Å². The molecule has 0 spiro atoms. The van der Waals surface area contributed by atoms with Crippen LogP contribution in [0.15, 0.2) is 58.5 Å². The Morgan fingerprint density at radius 2 is 1.85 bits per heavy atom. The minimum atomic E-state index is -0.579. The average Bonchev–Trinajstić information content (AvgIpc) is 2.66. The third-order valence-corrected chi connectivity index (χ3v) is 4.25. The van der Waals surface area contributed by atoms with Gasteiger partial charge in [0.15, 0.2) is 0 Å². The van der Waals surface area contributed by atoms with E-state index in [1.165, 1.54) is 0 Å². The number of fused-ring (bicyclic) bond motifs is 1. The van der Waals surface area contributed by atoms with Gasteiger partial charge in [0, 0.05) is 13.0 Å². The van der Waals surface area contributed by atoms with Crippen molar-refractivity contribution < 1.29 is 14.3 Å². The van der Waals surface area contributed by atoms with Gasteiger partial charge in [0.05, 0.1) is 17.8 Å².